The van der Waals surface area contributed by atoms with Crippen molar-refractivity contribution in [1.29, 1.82) is 0 Å². The Labute approximate surface area is 195 Å². The Balaban J connectivity index is 1.97. The molecule has 0 saturated carbocycles. The third-order valence-electron chi connectivity index (χ3n) is 5.59. The number of carbonyl (C=O) groups excluding carboxylic acids is 1. The molecule has 0 aliphatic carbocycles. The smallest absolute Gasteiger partial charge is 0.378 e. The van der Waals surface area contributed by atoms with Gasteiger partial charge in [-0.25, -0.2) is 12.7 Å². The van der Waals surface area contributed by atoms with Crippen molar-refractivity contribution in [2.75, 3.05) is 28.2 Å². The van der Waals surface area contributed by atoms with E-state index < -0.39 is 28.3 Å². The summed E-state index contributed by atoms with van der Waals surface area (Å²) in [6.45, 7) is 1.79. The largest absolute Gasteiger partial charge is 0.471 e. The minimum absolute atomic E-state index is 0.0117. The number of rotatable bonds is 4. The van der Waals surface area contributed by atoms with Gasteiger partial charge in [-0.2, -0.15) is 13.2 Å². The molecule has 1 heterocycles. The Hall–Kier alpha value is -3.53. The van der Waals surface area contributed by atoms with Crippen LogP contribution in [0, 0.1) is 6.92 Å². The van der Waals surface area contributed by atoms with Crippen LogP contribution in [0.15, 0.2) is 77.7 Å². The van der Waals surface area contributed by atoms with E-state index in [-0.39, 0.29) is 21.8 Å². The highest BCUT2D eigenvalue weighted by Crippen LogP contribution is 2.50. The molecular formula is C24H22F3N3O3S. The van der Waals surface area contributed by atoms with E-state index in [1.54, 1.807) is 50.2 Å². The first-order valence-corrected chi connectivity index (χ1v) is 11.7. The number of amides is 1. The van der Waals surface area contributed by atoms with Gasteiger partial charge in [-0.1, -0.05) is 42.0 Å². The summed E-state index contributed by atoms with van der Waals surface area (Å²) in [5, 5.41) is 0. The van der Waals surface area contributed by atoms with E-state index in [9.17, 15) is 26.4 Å². The van der Waals surface area contributed by atoms with Crippen molar-refractivity contribution in [3.8, 4) is 0 Å². The number of carbonyl (C=O) groups is 1. The van der Waals surface area contributed by atoms with E-state index in [1.165, 1.54) is 48.5 Å². The zero-order valence-electron chi connectivity index (χ0n) is 18.6. The van der Waals surface area contributed by atoms with E-state index in [1.807, 2.05) is 0 Å². The first-order chi connectivity index (χ1) is 15.9. The summed E-state index contributed by atoms with van der Waals surface area (Å²) in [6, 6.07) is 18.1. The molecule has 0 unspecified atom stereocenters. The van der Waals surface area contributed by atoms with Crippen LogP contribution in [0.5, 0.6) is 0 Å². The van der Waals surface area contributed by atoms with Gasteiger partial charge in [-0.3, -0.25) is 9.69 Å². The molecule has 1 atom stereocenters. The summed E-state index contributed by atoms with van der Waals surface area (Å²) in [5.74, 6) is -2.15. The third-order valence-corrected chi connectivity index (χ3v) is 7.37. The number of hydrogen-bond acceptors (Lipinski definition) is 4. The highest BCUT2D eigenvalue weighted by Gasteiger charge is 2.53. The SMILES string of the molecule is Cc1ccc(S(=O)(=O)N2c3ccccc3N(C(=O)C(F)(F)F)[C@H]2c2ccc(N(C)C)cc2)cc1. The molecule has 0 bridgehead atoms. The lowest BCUT2D eigenvalue weighted by atomic mass is 10.1. The van der Waals surface area contributed by atoms with Crippen molar-refractivity contribution < 1.29 is 26.4 Å². The van der Waals surface area contributed by atoms with Crippen LogP contribution in [0.3, 0.4) is 0 Å². The van der Waals surface area contributed by atoms with Crippen LogP contribution in [-0.2, 0) is 14.8 Å². The second-order valence-corrected chi connectivity index (χ2v) is 9.95. The number of fused-ring (bicyclic) bond motifs is 1. The van der Waals surface area contributed by atoms with Crippen molar-refractivity contribution in [2.24, 2.45) is 0 Å². The van der Waals surface area contributed by atoms with E-state index in [0.29, 0.717) is 4.90 Å². The zero-order chi connectivity index (χ0) is 24.8. The van der Waals surface area contributed by atoms with E-state index in [0.717, 1.165) is 15.6 Å². The number of sulfonamides is 1. The molecule has 1 aliphatic rings. The molecule has 10 heteroatoms. The maximum absolute atomic E-state index is 13.8. The van der Waals surface area contributed by atoms with E-state index >= 15 is 0 Å². The monoisotopic (exact) mass is 489 g/mol. The molecule has 0 fully saturated rings. The maximum atomic E-state index is 13.8. The van der Waals surface area contributed by atoms with E-state index in [2.05, 4.69) is 0 Å². The predicted octanol–water partition coefficient (Wildman–Crippen LogP) is 4.86. The summed E-state index contributed by atoms with van der Waals surface area (Å²) in [7, 11) is -0.744. The van der Waals surface area contributed by atoms with Gasteiger partial charge in [0.15, 0.2) is 6.17 Å². The number of para-hydroxylation sites is 2. The normalized spacial score (nSPS) is 15.9. The number of nitrogens with zero attached hydrogens (tertiary/aromatic N) is 3. The van der Waals surface area contributed by atoms with Gasteiger partial charge in [0.2, 0.25) is 0 Å². The lowest BCUT2D eigenvalue weighted by Gasteiger charge is -2.32. The predicted molar refractivity (Wildman–Crippen MR) is 124 cm³/mol. The fourth-order valence-electron chi connectivity index (χ4n) is 3.89. The molecule has 6 nitrogen and oxygen atoms in total. The van der Waals surface area contributed by atoms with Crippen LogP contribution < -0.4 is 14.1 Å². The van der Waals surface area contributed by atoms with Crippen LogP contribution >= 0.6 is 0 Å². The lowest BCUT2D eigenvalue weighted by molar-refractivity contribution is -0.170. The molecule has 3 aromatic carbocycles. The molecular weight excluding hydrogens is 467 g/mol. The fourth-order valence-corrected chi connectivity index (χ4v) is 5.49. The number of halogens is 3. The molecule has 0 aromatic heterocycles. The Kier molecular flexibility index (Phi) is 5.80. The fraction of sp³-hybridized carbons (Fsp3) is 0.208. The molecule has 1 amide bonds. The summed E-state index contributed by atoms with van der Waals surface area (Å²) in [6.07, 6.45) is -6.77. The van der Waals surface area contributed by atoms with Crippen molar-refractivity contribution in [2.45, 2.75) is 24.2 Å². The summed E-state index contributed by atoms with van der Waals surface area (Å²) in [4.78, 5) is 14.8. The maximum Gasteiger partial charge on any atom is 0.471 e. The Morgan fingerprint density at radius 1 is 0.882 bits per heavy atom. The molecule has 0 saturated heterocycles. The molecule has 34 heavy (non-hydrogen) atoms. The van der Waals surface area contributed by atoms with Gasteiger partial charge in [0.05, 0.1) is 16.3 Å². The summed E-state index contributed by atoms with van der Waals surface area (Å²) >= 11 is 0. The molecule has 178 valence electrons. The van der Waals surface area contributed by atoms with Gasteiger partial charge in [0.1, 0.15) is 0 Å². The van der Waals surface area contributed by atoms with Crippen molar-refractivity contribution in [3.63, 3.8) is 0 Å². The molecule has 1 aliphatic heterocycles. The molecule has 0 radical (unpaired) electrons. The number of aryl methyl sites for hydroxylation is 1. The zero-order valence-corrected chi connectivity index (χ0v) is 19.4. The van der Waals surface area contributed by atoms with Crippen LogP contribution in [0.4, 0.5) is 30.2 Å². The van der Waals surface area contributed by atoms with Crippen molar-refractivity contribution >= 4 is 33.0 Å². The Bertz CT molecular complexity index is 1320. The Morgan fingerprint density at radius 2 is 1.44 bits per heavy atom. The third kappa shape index (κ3) is 3.98. The average Bonchev–Trinajstić information content (AvgIpc) is 3.14. The highest BCUT2D eigenvalue weighted by atomic mass is 32.2. The molecule has 0 N–H and O–H groups in total. The quantitative estimate of drug-likeness (QED) is 0.525. The number of hydrogen-bond donors (Lipinski definition) is 0. The van der Waals surface area contributed by atoms with Gasteiger partial charge >= 0.3 is 12.1 Å². The standard InChI is InChI=1S/C24H22F3N3O3S/c1-16-8-14-19(15-9-16)34(32,33)30-21-7-5-4-6-20(21)29(23(31)24(25,26)27)22(30)17-10-12-18(13-11-17)28(2)3/h4-15,22H,1-3H3/t22-/m1/s1. The van der Waals surface area contributed by atoms with Gasteiger partial charge in [0.25, 0.3) is 10.0 Å². The summed E-state index contributed by atoms with van der Waals surface area (Å²) < 4.78 is 69.5. The number of benzene rings is 3. The van der Waals surface area contributed by atoms with Gasteiger partial charge in [0, 0.05) is 19.8 Å². The topological polar surface area (TPSA) is 60.9 Å². The van der Waals surface area contributed by atoms with Crippen LogP contribution in [0.1, 0.15) is 17.3 Å². The van der Waals surface area contributed by atoms with Crippen LogP contribution in [0.25, 0.3) is 0 Å². The van der Waals surface area contributed by atoms with Crippen LogP contribution in [-0.4, -0.2) is 34.6 Å². The first kappa shape index (κ1) is 23.6. The van der Waals surface area contributed by atoms with Crippen molar-refractivity contribution in [1.82, 2.24) is 0 Å². The molecule has 4 rings (SSSR count). The second-order valence-electron chi connectivity index (χ2n) is 8.14. The second kappa shape index (κ2) is 8.35. The first-order valence-electron chi connectivity index (χ1n) is 10.3. The Morgan fingerprint density at radius 3 is 1.97 bits per heavy atom. The summed E-state index contributed by atoms with van der Waals surface area (Å²) in [5.41, 5.74) is 1.66. The average molecular weight is 490 g/mol. The molecule has 0 spiro atoms. The van der Waals surface area contributed by atoms with Gasteiger partial charge in [-0.05, 0) is 48.9 Å². The lowest BCUT2D eigenvalue weighted by Crippen LogP contribution is -2.47. The molecule has 3 aromatic rings. The highest BCUT2D eigenvalue weighted by molar-refractivity contribution is 7.92. The minimum atomic E-state index is -5.21. The van der Waals surface area contributed by atoms with E-state index in [4.69, 9.17) is 0 Å². The van der Waals surface area contributed by atoms with Crippen LogP contribution in [0.2, 0.25) is 0 Å². The number of anilines is 3. The number of alkyl halides is 3. The van der Waals surface area contributed by atoms with Crippen molar-refractivity contribution in [3.05, 3.63) is 83.9 Å². The van der Waals surface area contributed by atoms with Gasteiger partial charge in [-0.15, -0.1) is 0 Å². The van der Waals surface area contributed by atoms with Gasteiger partial charge < -0.3 is 4.90 Å². The minimum Gasteiger partial charge on any atom is -0.378 e.